The van der Waals surface area contributed by atoms with Crippen molar-refractivity contribution in [3.63, 3.8) is 0 Å². The molecule has 7 heteroatoms. The Morgan fingerprint density at radius 3 is 2.52 bits per heavy atom. The van der Waals surface area contributed by atoms with Gasteiger partial charge in [0.15, 0.2) is 5.96 Å². The fourth-order valence-electron chi connectivity index (χ4n) is 3.44. The summed E-state index contributed by atoms with van der Waals surface area (Å²) in [7, 11) is 1.67. The average molecular weight is 374 g/mol. The fraction of sp³-hybridized carbons (Fsp3) is 0.600. The van der Waals surface area contributed by atoms with Gasteiger partial charge in [0.1, 0.15) is 11.9 Å². The molecule has 7 nitrogen and oxygen atoms in total. The van der Waals surface area contributed by atoms with Crippen molar-refractivity contribution in [1.29, 1.82) is 0 Å². The van der Waals surface area contributed by atoms with E-state index in [9.17, 15) is 4.79 Å². The molecule has 2 saturated heterocycles. The number of piperazine rings is 1. The first kappa shape index (κ1) is 19.5. The van der Waals surface area contributed by atoms with Crippen molar-refractivity contribution >= 4 is 11.9 Å². The van der Waals surface area contributed by atoms with Gasteiger partial charge in [-0.25, -0.2) is 4.99 Å². The molecular weight excluding hydrogens is 344 g/mol. The standard InChI is InChI=1S/C20H30N4O3/c1-3-21-20(22-15-16-6-8-17(26-2)9-7-16)24-12-10-23(11-13-24)19(25)18-5-4-14-27-18/h6-9,18H,3-5,10-15H2,1-2H3,(H,21,22). The molecule has 1 amide bonds. The molecule has 0 bridgehead atoms. The van der Waals surface area contributed by atoms with Crippen LogP contribution in [0.15, 0.2) is 29.3 Å². The molecule has 2 fully saturated rings. The Morgan fingerprint density at radius 2 is 1.93 bits per heavy atom. The van der Waals surface area contributed by atoms with Gasteiger partial charge in [-0.2, -0.15) is 0 Å². The smallest absolute Gasteiger partial charge is 0.251 e. The molecule has 3 rings (SSSR count). The van der Waals surface area contributed by atoms with Gasteiger partial charge in [-0.1, -0.05) is 12.1 Å². The highest BCUT2D eigenvalue weighted by Crippen LogP contribution is 2.16. The molecule has 27 heavy (non-hydrogen) atoms. The summed E-state index contributed by atoms with van der Waals surface area (Å²) in [4.78, 5) is 21.4. The molecule has 148 valence electrons. The molecule has 2 heterocycles. The zero-order valence-electron chi connectivity index (χ0n) is 16.3. The topological polar surface area (TPSA) is 66.4 Å². The quantitative estimate of drug-likeness (QED) is 0.625. The van der Waals surface area contributed by atoms with E-state index < -0.39 is 0 Å². The second-order valence-corrected chi connectivity index (χ2v) is 6.83. The molecule has 1 atom stereocenters. The predicted octanol–water partition coefficient (Wildman–Crippen LogP) is 1.48. The van der Waals surface area contributed by atoms with Crippen LogP contribution in [-0.4, -0.2) is 74.2 Å². The lowest BCUT2D eigenvalue weighted by atomic mass is 10.2. The number of hydrogen-bond donors (Lipinski definition) is 1. The molecule has 0 aliphatic carbocycles. The highest BCUT2D eigenvalue weighted by atomic mass is 16.5. The van der Waals surface area contributed by atoms with E-state index in [1.165, 1.54) is 0 Å². The van der Waals surface area contributed by atoms with Gasteiger partial charge >= 0.3 is 0 Å². The van der Waals surface area contributed by atoms with Crippen molar-refractivity contribution in [1.82, 2.24) is 15.1 Å². The first-order valence-electron chi connectivity index (χ1n) is 9.78. The van der Waals surface area contributed by atoms with Crippen molar-refractivity contribution in [2.24, 2.45) is 4.99 Å². The Kier molecular flexibility index (Phi) is 6.92. The van der Waals surface area contributed by atoms with Crippen molar-refractivity contribution in [3.8, 4) is 5.75 Å². The molecule has 2 aliphatic heterocycles. The van der Waals surface area contributed by atoms with Gasteiger partial charge in [0, 0.05) is 39.3 Å². The van der Waals surface area contributed by atoms with Gasteiger partial charge in [-0.05, 0) is 37.5 Å². The van der Waals surface area contributed by atoms with Gasteiger partial charge < -0.3 is 24.6 Å². The van der Waals surface area contributed by atoms with E-state index in [0.29, 0.717) is 26.2 Å². The molecule has 0 spiro atoms. The SMILES string of the molecule is CCNC(=NCc1ccc(OC)cc1)N1CCN(C(=O)C2CCCO2)CC1. The highest BCUT2D eigenvalue weighted by molar-refractivity contribution is 5.82. The minimum atomic E-state index is -0.228. The van der Waals surface area contributed by atoms with Crippen LogP contribution in [0.25, 0.3) is 0 Å². The number of carbonyl (C=O) groups is 1. The number of methoxy groups -OCH3 is 1. The fourth-order valence-corrected chi connectivity index (χ4v) is 3.44. The van der Waals surface area contributed by atoms with Crippen LogP contribution in [0.3, 0.4) is 0 Å². The van der Waals surface area contributed by atoms with E-state index in [1.807, 2.05) is 29.2 Å². The van der Waals surface area contributed by atoms with E-state index in [0.717, 1.165) is 49.7 Å². The minimum absolute atomic E-state index is 0.146. The number of rotatable bonds is 5. The van der Waals surface area contributed by atoms with E-state index in [2.05, 4.69) is 17.1 Å². The molecule has 2 aliphatic rings. The molecule has 1 aromatic carbocycles. The van der Waals surface area contributed by atoms with Crippen LogP contribution in [0.5, 0.6) is 5.75 Å². The Bertz CT molecular complexity index is 633. The number of carbonyl (C=O) groups excluding carboxylic acids is 1. The van der Waals surface area contributed by atoms with Crippen LogP contribution in [0.2, 0.25) is 0 Å². The predicted molar refractivity (Wildman–Crippen MR) is 105 cm³/mol. The van der Waals surface area contributed by atoms with Crippen LogP contribution in [0.1, 0.15) is 25.3 Å². The van der Waals surface area contributed by atoms with E-state index in [-0.39, 0.29) is 12.0 Å². The Hall–Kier alpha value is -2.28. The number of nitrogens with zero attached hydrogens (tertiary/aromatic N) is 3. The van der Waals surface area contributed by atoms with E-state index in [1.54, 1.807) is 7.11 Å². The lowest BCUT2D eigenvalue weighted by Crippen LogP contribution is -2.55. The van der Waals surface area contributed by atoms with Crippen LogP contribution in [-0.2, 0) is 16.1 Å². The second-order valence-electron chi connectivity index (χ2n) is 6.83. The molecule has 0 aromatic heterocycles. The summed E-state index contributed by atoms with van der Waals surface area (Å²) in [5.41, 5.74) is 1.14. The summed E-state index contributed by atoms with van der Waals surface area (Å²) >= 11 is 0. The van der Waals surface area contributed by atoms with Crippen molar-refractivity contribution in [2.75, 3.05) is 46.4 Å². The molecule has 0 radical (unpaired) electrons. The van der Waals surface area contributed by atoms with Crippen molar-refractivity contribution < 1.29 is 14.3 Å². The summed E-state index contributed by atoms with van der Waals surface area (Å²) < 4.78 is 10.7. The van der Waals surface area contributed by atoms with E-state index in [4.69, 9.17) is 14.5 Å². The van der Waals surface area contributed by atoms with Crippen LogP contribution in [0, 0.1) is 0 Å². The number of benzene rings is 1. The highest BCUT2D eigenvalue weighted by Gasteiger charge is 2.30. The number of ether oxygens (including phenoxy) is 2. The van der Waals surface area contributed by atoms with Crippen molar-refractivity contribution in [3.05, 3.63) is 29.8 Å². The molecule has 1 aromatic rings. The summed E-state index contributed by atoms with van der Waals surface area (Å²) in [6.45, 7) is 7.20. The van der Waals surface area contributed by atoms with Gasteiger partial charge in [0.25, 0.3) is 5.91 Å². The maximum absolute atomic E-state index is 12.5. The maximum atomic E-state index is 12.5. The Balaban J connectivity index is 1.56. The second kappa shape index (κ2) is 9.60. The van der Waals surface area contributed by atoms with Crippen molar-refractivity contribution in [2.45, 2.75) is 32.4 Å². The third-order valence-electron chi connectivity index (χ3n) is 5.00. The third kappa shape index (κ3) is 5.13. The molecule has 0 saturated carbocycles. The zero-order chi connectivity index (χ0) is 19.1. The third-order valence-corrected chi connectivity index (χ3v) is 5.00. The lowest BCUT2D eigenvalue weighted by Gasteiger charge is -2.37. The minimum Gasteiger partial charge on any atom is -0.497 e. The Morgan fingerprint density at radius 1 is 1.22 bits per heavy atom. The van der Waals surface area contributed by atoms with E-state index >= 15 is 0 Å². The average Bonchev–Trinajstić information content (AvgIpc) is 3.26. The number of aliphatic imine (C=N–C) groups is 1. The Labute approximate surface area is 161 Å². The summed E-state index contributed by atoms with van der Waals surface area (Å²) in [6.07, 6.45) is 1.61. The van der Waals surface area contributed by atoms with Gasteiger partial charge in [-0.3, -0.25) is 4.79 Å². The van der Waals surface area contributed by atoms with Gasteiger partial charge in [0.2, 0.25) is 0 Å². The molecule has 1 N–H and O–H groups in total. The van der Waals surface area contributed by atoms with Gasteiger partial charge in [0.05, 0.1) is 13.7 Å². The number of hydrogen-bond acceptors (Lipinski definition) is 4. The monoisotopic (exact) mass is 374 g/mol. The summed E-state index contributed by atoms with van der Waals surface area (Å²) in [6, 6.07) is 7.97. The molecular formula is C20H30N4O3. The first-order valence-corrected chi connectivity index (χ1v) is 9.78. The zero-order valence-corrected chi connectivity index (χ0v) is 16.3. The number of guanidine groups is 1. The number of nitrogens with one attached hydrogen (secondary N) is 1. The van der Waals surface area contributed by atoms with Crippen LogP contribution in [0.4, 0.5) is 0 Å². The molecule has 1 unspecified atom stereocenters. The lowest BCUT2D eigenvalue weighted by molar-refractivity contribution is -0.142. The largest absolute Gasteiger partial charge is 0.497 e. The van der Waals surface area contributed by atoms with Gasteiger partial charge in [-0.15, -0.1) is 0 Å². The summed E-state index contributed by atoms with van der Waals surface area (Å²) in [5, 5.41) is 3.37. The number of amides is 1. The van der Waals surface area contributed by atoms with Crippen LogP contribution < -0.4 is 10.1 Å². The normalized spacial score (nSPS) is 20.7. The summed E-state index contributed by atoms with van der Waals surface area (Å²) in [5.74, 6) is 1.89. The van der Waals surface area contributed by atoms with Crippen LogP contribution >= 0.6 is 0 Å². The maximum Gasteiger partial charge on any atom is 0.251 e. The first-order chi connectivity index (χ1) is 13.2.